The molecular formula is C9H9F3N2O. The lowest BCUT2D eigenvalue weighted by Gasteiger charge is -2.07. The zero-order valence-electron chi connectivity index (χ0n) is 7.95. The molecule has 1 aromatic heterocycles. The quantitative estimate of drug-likeness (QED) is 0.723. The Morgan fingerprint density at radius 3 is 2.67 bits per heavy atom. The fraction of sp³-hybridized carbons (Fsp3) is 0.444. The lowest BCUT2D eigenvalue weighted by molar-refractivity contribution is -0.153. The first kappa shape index (κ1) is 10.1. The number of nitrogens with zero attached hydrogens (tertiary/aromatic N) is 2. The van der Waals surface area contributed by atoms with E-state index in [9.17, 15) is 13.2 Å². The maximum absolute atomic E-state index is 12.2. The molecule has 1 atom stereocenters. The molecule has 0 saturated carbocycles. The van der Waals surface area contributed by atoms with E-state index in [-0.39, 0.29) is 5.92 Å². The van der Waals surface area contributed by atoms with Crippen LogP contribution < -0.4 is 0 Å². The van der Waals surface area contributed by atoms with Gasteiger partial charge in [-0.05, 0) is 12.1 Å². The Bertz CT molecular complexity index is 383. The standard InChI is InChI=1S/C9H9F3N2O/c1-14-5-6(4-13-14)7-2-3-8(15-7)9(10,11)12/h2-4,6H,5H2,1H3. The van der Waals surface area contributed by atoms with Crippen LogP contribution in [0.3, 0.4) is 0 Å². The van der Waals surface area contributed by atoms with E-state index in [4.69, 9.17) is 4.42 Å². The summed E-state index contributed by atoms with van der Waals surface area (Å²) in [5.74, 6) is -0.845. The third-order valence-electron chi connectivity index (χ3n) is 2.18. The molecule has 82 valence electrons. The largest absolute Gasteiger partial charge is 0.456 e. The van der Waals surface area contributed by atoms with Crippen LogP contribution in [0.5, 0.6) is 0 Å². The van der Waals surface area contributed by atoms with Gasteiger partial charge in [-0.1, -0.05) is 0 Å². The molecule has 2 rings (SSSR count). The fourth-order valence-corrected chi connectivity index (χ4v) is 1.44. The topological polar surface area (TPSA) is 28.7 Å². The molecule has 15 heavy (non-hydrogen) atoms. The molecule has 0 N–H and O–H groups in total. The van der Waals surface area contributed by atoms with Gasteiger partial charge in [0.05, 0.1) is 12.5 Å². The second kappa shape index (κ2) is 3.29. The van der Waals surface area contributed by atoms with E-state index in [1.807, 2.05) is 0 Å². The van der Waals surface area contributed by atoms with E-state index in [1.54, 1.807) is 18.3 Å². The minimum Gasteiger partial charge on any atom is -0.456 e. The van der Waals surface area contributed by atoms with Gasteiger partial charge in [-0.2, -0.15) is 18.3 Å². The summed E-state index contributed by atoms with van der Waals surface area (Å²) in [5, 5.41) is 5.59. The predicted molar refractivity (Wildman–Crippen MR) is 47.6 cm³/mol. The molecule has 0 radical (unpaired) electrons. The number of likely N-dealkylation sites (N-methyl/N-ethyl adjacent to an activating group) is 1. The monoisotopic (exact) mass is 218 g/mol. The first-order valence-corrected chi connectivity index (χ1v) is 4.39. The molecule has 1 aliphatic rings. The maximum atomic E-state index is 12.2. The molecule has 2 heterocycles. The van der Waals surface area contributed by atoms with Gasteiger partial charge in [-0.25, -0.2) is 0 Å². The number of hydrazone groups is 1. The number of hydrogen-bond acceptors (Lipinski definition) is 3. The van der Waals surface area contributed by atoms with Crippen molar-refractivity contribution in [1.29, 1.82) is 0 Å². The molecular weight excluding hydrogens is 209 g/mol. The van der Waals surface area contributed by atoms with Crippen molar-refractivity contribution in [2.75, 3.05) is 13.6 Å². The SMILES string of the molecule is CN1CC(c2ccc(C(F)(F)F)o2)C=N1. The summed E-state index contributed by atoms with van der Waals surface area (Å²) in [4.78, 5) is 0. The van der Waals surface area contributed by atoms with Crippen LogP contribution in [0.25, 0.3) is 0 Å². The average Bonchev–Trinajstić information content (AvgIpc) is 2.69. The zero-order chi connectivity index (χ0) is 11.1. The van der Waals surface area contributed by atoms with Gasteiger partial charge in [-0.15, -0.1) is 0 Å². The van der Waals surface area contributed by atoms with Gasteiger partial charge in [0.15, 0.2) is 0 Å². The van der Waals surface area contributed by atoms with Gasteiger partial charge in [0, 0.05) is 13.3 Å². The third kappa shape index (κ3) is 1.98. The minimum absolute atomic E-state index is 0.189. The molecule has 1 aromatic rings. The number of halogens is 3. The Morgan fingerprint density at radius 2 is 2.20 bits per heavy atom. The molecule has 1 unspecified atom stereocenters. The van der Waals surface area contributed by atoms with Gasteiger partial charge in [0.2, 0.25) is 5.76 Å². The fourth-order valence-electron chi connectivity index (χ4n) is 1.44. The Balaban J connectivity index is 2.18. The lowest BCUT2D eigenvalue weighted by atomic mass is 10.1. The van der Waals surface area contributed by atoms with E-state index in [2.05, 4.69) is 5.10 Å². The van der Waals surface area contributed by atoms with E-state index in [1.165, 1.54) is 6.07 Å². The second-order valence-corrected chi connectivity index (χ2v) is 3.41. The highest BCUT2D eigenvalue weighted by Crippen LogP contribution is 2.32. The first-order chi connectivity index (χ1) is 6.97. The highest BCUT2D eigenvalue weighted by atomic mass is 19.4. The highest BCUT2D eigenvalue weighted by Gasteiger charge is 2.35. The van der Waals surface area contributed by atoms with Crippen molar-refractivity contribution in [2.24, 2.45) is 5.10 Å². The summed E-state index contributed by atoms with van der Waals surface area (Å²) in [6, 6.07) is 2.29. The minimum atomic E-state index is -4.42. The number of rotatable bonds is 1. The molecule has 0 amide bonds. The Labute approximate surface area is 84.2 Å². The molecule has 3 nitrogen and oxygen atoms in total. The molecule has 0 saturated heterocycles. The molecule has 0 bridgehead atoms. The number of hydrogen-bond donors (Lipinski definition) is 0. The van der Waals surface area contributed by atoms with Crippen LogP contribution in [0.4, 0.5) is 13.2 Å². The number of furan rings is 1. The van der Waals surface area contributed by atoms with Crippen molar-refractivity contribution in [3.8, 4) is 0 Å². The highest BCUT2D eigenvalue weighted by molar-refractivity contribution is 5.68. The summed E-state index contributed by atoms with van der Waals surface area (Å²) in [7, 11) is 1.75. The molecule has 0 aliphatic carbocycles. The summed E-state index contributed by atoms with van der Waals surface area (Å²) in [5.41, 5.74) is 0. The Morgan fingerprint density at radius 1 is 1.47 bits per heavy atom. The van der Waals surface area contributed by atoms with Crippen LogP contribution in [0.15, 0.2) is 21.7 Å². The van der Waals surface area contributed by atoms with E-state index in [0.717, 1.165) is 6.07 Å². The number of alkyl halides is 3. The molecule has 1 aliphatic heterocycles. The van der Waals surface area contributed by atoms with Gasteiger partial charge in [-0.3, -0.25) is 5.01 Å². The maximum Gasteiger partial charge on any atom is 0.449 e. The van der Waals surface area contributed by atoms with Crippen molar-refractivity contribution in [1.82, 2.24) is 5.01 Å². The van der Waals surface area contributed by atoms with Gasteiger partial charge < -0.3 is 4.42 Å². The van der Waals surface area contributed by atoms with Crippen LogP contribution in [0.1, 0.15) is 17.4 Å². The van der Waals surface area contributed by atoms with E-state index in [0.29, 0.717) is 12.3 Å². The summed E-state index contributed by atoms with van der Waals surface area (Å²) >= 11 is 0. The van der Waals surface area contributed by atoms with Crippen molar-refractivity contribution in [3.05, 3.63) is 23.7 Å². The van der Waals surface area contributed by atoms with Crippen LogP contribution >= 0.6 is 0 Å². The van der Waals surface area contributed by atoms with Crippen molar-refractivity contribution in [2.45, 2.75) is 12.1 Å². The first-order valence-electron chi connectivity index (χ1n) is 4.39. The van der Waals surface area contributed by atoms with Crippen molar-refractivity contribution < 1.29 is 17.6 Å². The van der Waals surface area contributed by atoms with Crippen LogP contribution in [0.2, 0.25) is 0 Å². The van der Waals surface area contributed by atoms with Crippen LogP contribution in [-0.2, 0) is 6.18 Å². The summed E-state index contributed by atoms with van der Waals surface area (Å²) < 4.78 is 41.4. The molecule has 0 fully saturated rings. The normalized spacial score (nSPS) is 21.3. The summed E-state index contributed by atoms with van der Waals surface area (Å²) in [6.45, 7) is 0.546. The van der Waals surface area contributed by atoms with Crippen LogP contribution in [0, 0.1) is 0 Å². The van der Waals surface area contributed by atoms with E-state index < -0.39 is 11.9 Å². The lowest BCUT2D eigenvalue weighted by Crippen LogP contribution is -2.11. The van der Waals surface area contributed by atoms with Crippen molar-refractivity contribution >= 4 is 6.21 Å². The zero-order valence-corrected chi connectivity index (χ0v) is 7.95. The second-order valence-electron chi connectivity index (χ2n) is 3.41. The third-order valence-corrected chi connectivity index (χ3v) is 2.18. The predicted octanol–water partition coefficient (Wildman–Crippen LogP) is 2.31. The Kier molecular flexibility index (Phi) is 2.21. The molecule has 0 spiro atoms. The van der Waals surface area contributed by atoms with Gasteiger partial charge in [0.25, 0.3) is 0 Å². The van der Waals surface area contributed by atoms with Gasteiger partial charge >= 0.3 is 6.18 Å². The van der Waals surface area contributed by atoms with Crippen LogP contribution in [-0.4, -0.2) is 24.8 Å². The molecule has 6 heteroatoms. The van der Waals surface area contributed by atoms with Gasteiger partial charge in [0.1, 0.15) is 5.76 Å². The Hall–Kier alpha value is -1.46. The van der Waals surface area contributed by atoms with Crippen molar-refractivity contribution in [3.63, 3.8) is 0 Å². The smallest absolute Gasteiger partial charge is 0.449 e. The summed E-state index contributed by atoms with van der Waals surface area (Å²) in [6.07, 6.45) is -2.83. The average molecular weight is 218 g/mol. The van der Waals surface area contributed by atoms with E-state index >= 15 is 0 Å². The molecule has 0 aromatic carbocycles.